The smallest absolute Gasteiger partial charge is 0.322 e. The quantitative estimate of drug-likeness (QED) is 0.698. The van der Waals surface area contributed by atoms with E-state index in [0.717, 1.165) is 23.1 Å². The van der Waals surface area contributed by atoms with Crippen LogP contribution < -0.4 is 9.50 Å². The second-order valence-electron chi connectivity index (χ2n) is 6.15. The van der Waals surface area contributed by atoms with Crippen LogP contribution in [0.3, 0.4) is 0 Å². The molecule has 0 aliphatic rings. The molecule has 0 aromatic heterocycles. The topological polar surface area (TPSA) is 84.9 Å². The van der Waals surface area contributed by atoms with Gasteiger partial charge in [0.25, 0.3) is 0 Å². The summed E-state index contributed by atoms with van der Waals surface area (Å²) in [5.74, 6) is 0.230. The van der Waals surface area contributed by atoms with Gasteiger partial charge in [0.15, 0.2) is 0 Å². The van der Waals surface area contributed by atoms with Crippen LogP contribution in [0.4, 0.5) is 10.5 Å². The lowest BCUT2D eigenvalue weighted by Gasteiger charge is -2.23. The number of carbonyl (C=O) groups is 1. The van der Waals surface area contributed by atoms with Gasteiger partial charge in [-0.05, 0) is 42.3 Å². The van der Waals surface area contributed by atoms with Crippen molar-refractivity contribution in [2.24, 2.45) is 0 Å². The number of rotatable bonds is 8. The highest BCUT2D eigenvalue weighted by Gasteiger charge is 2.14. The van der Waals surface area contributed by atoms with E-state index in [9.17, 15) is 13.2 Å². The van der Waals surface area contributed by atoms with Crippen LogP contribution in [-0.2, 0) is 21.4 Å². The summed E-state index contributed by atoms with van der Waals surface area (Å²) in [5.41, 5.74) is 2.61. The minimum Gasteiger partial charge on any atom is -0.383 e. The Morgan fingerprint density at radius 3 is 2.44 bits per heavy atom. The van der Waals surface area contributed by atoms with Crippen LogP contribution >= 0.6 is 0 Å². The highest BCUT2D eigenvalue weighted by molar-refractivity contribution is 7.86. The maximum Gasteiger partial charge on any atom is 0.322 e. The number of hydrogen-bond acceptors (Lipinski definition) is 5. The van der Waals surface area contributed by atoms with Gasteiger partial charge in [0.2, 0.25) is 0 Å². The molecule has 2 aromatic rings. The zero-order chi connectivity index (χ0) is 19.9. The fraction of sp³-hybridized carbons (Fsp3) is 0.316. The predicted molar refractivity (Wildman–Crippen MR) is 104 cm³/mol. The number of carbonyl (C=O) groups excluding carboxylic acids is 1. The zero-order valence-corrected chi connectivity index (χ0v) is 16.5. The van der Waals surface area contributed by atoms with Gasteiger partial charge >= 0.3 is 16.1 Å². The van der Waals surface area contributed by atoms with Gasteiger partial charge in [-0.1, -0.05) is 24.3 Å². The summed E-state index contributed by atoms with van der Waals surface area (Å²) < 4.78 is 32.3. The Labute approximate surface area is 160 Å². The molecular weight excluding hydrogens is 368 g/mol. The monoisotopic (exact) mass is 392 g/mol. The molecule has 7 nitrogen and oxygen atoms in total. The lowest BCUT2D eigenvalue weighted by molar-refractivity contribution is 0.153. The highest BCUT2D eigenvalue weighted by Crippen LogP contribution is 2.16. The summed E-state index contributed by atoms with van der Waals surface area (Å²) in [6.45, 7) is 3.12. The molecule has 2 rings (SSSR count). The number of methoxy groups -OCH3 is 1. The van der Waals surface area contributed by atoms with Crippen molar-refractivity contribution in [2.45, 2.75) is 13.5 Å². The summed E-state index contributed by atoms with van der Waals surface area (Å²) in [5, 5.41) is 2.88. The van der Waals surface area contributed by atoms with Gasteiger partial charge in [0, 0.05) is 25.9 Å². The third-order valence-electron chi connectivity index (χ3n) is 3.67. The van der Waals surface area contributed by atoms with Crippen molar-refractivity contribution < 1.29 is 22.1 Å². The molecule has 0 atom stereocenters. The molecule has 0 saturated heterocycles. The van der Waals surface area contributed by atoms with Gasteiger partial charge in [-0.3, -0.25) is 0 Å². The Balaban J connectivity index is 2.07. The SMILES string of the molecule is COCCN(Cc1ccc(OS(C)(=O)=O)cc1)C(=O)Nc1cccc(C)c1. The van der Waals surface area contributed by atoms with Crippen molar-refractivity contribution in [1.29, 1.82) is 0 Å². The number of amides is 2. The maximum atomic E-state index is 12.6. The summed E-state index contributed by atoms with van der Waals surface area (Å²) in [7, 11) is -1.99. The van der Waals surface area contributed by atoms with Crippen molar-refractivity contribution >= 4 is 21.8 Å². The van der Waals surface area contributed by atoms with Crippen LogP contribution in [0, 0.1) is 6.92 Å². The summed E-state index contributed by atoms with van der Waals surface area (Å²) in [6.07, 6.45) is 0.989. The Bertz CT molecular complexity index is 866. The van der Waals surface area contributed by atoms with E-state index in [1.165, 1.54) is 0 Å². The van der Waals surface area contributed by atoms with E-state index >= 15 is 0 Å². The summed E-state index contributed by atoms with van der Waals surface area (Å²) in [4.78, 5) is 14.3. The van der Waals surface area contributed by atoms with Crippen molar-refractivity contribution in [2.75, 3.05) is 31.8 Å². The van der Waals surface area contributed by atoms with Gasteiger partial charge in [-0.25, -0.2) is 4.79 Å². The van der Waals surface area contributed by atoms with Crippen LogP contribution in [0.15, 0.2) is 48.5 Å². The fourth-order valence-electron chi connectivity index (χ4n) is 2.42. The lowest BCUT2D eigenvalue weighted by atomic mass is 10.2. The molecule has 0 saturated carbocycles. The number of ether oxygens (including phenoxy) is 1. The van der Waals surface area contributed by atoms with Crippen molar-refractivity contribution in [3.8, 4) is 5.75 Å². The number of aryl methyl sites for hydroxylation is 1. The fourth-order valence-corrected chi connectivity index (χ4v) is 2.89. The Morgan fingerprint density at radius 2 is 1.85 bits per heavy atom. The van der Waals surface area contributed by atoms with Crippen molar-refractivity contribution in [3.05, 3.63) is 59.7 Å². The first-order valence-corrected chi connectivity index (χ1v) is 10.2. The number of urea groups is 1. The van der Waals surface area contributed by atoms with E-state index < -0.39 is 10.1 Å². The number of nitrogens with one attached hydrogen (secondary N) is 1. The molecule has 0 bridgehead atoms. The third-order valence-corrected chi connectivity index (χ3v) is 4.16. The minimum atomic E-state index is -3.57. The lowest BCUT2D eigenvalue weighted by Crippen LogP contribution is -2.36. The molecule has 0 spiro atoms. The van der Waals surface area contributed by atoms with E-state index in [1.807, 2.05) is 31.2 Å². The molecule has 8 heteroatoms. The van der Waals surface area contributed by atoms with Crippen LogP contribution in [0.5, 0.6) is 5.75 Å². The maximum absolute atomic E-state index is 12.6. The normalized spacial score (nSPS) is 11.1. The summed E-state index contributed by atoms with van der Waals surface area (Å²) >= 11 is 0. The van der Waals surface area contributed by atoms with E-state index in [2.05, 4.69) is 5.32 Å². The predicted octanol–water partition coefficient (Wildman–Crippen LogP) is 3.01. The van der Waals surface area contributed by atoms with E-state index in [1.54, 1.807) is 36.3 Å². The highest BCUT2D eigenvalue weighted by atomic mass is 32.2. The molecular formula is C19H24N2O5S. The first-order valence-electron chi connectivity index (χ1n) is 8.37. The van der Waals surface area contributed by atoms with Crippen molar-refractivity contribution in [1.82, 2.24) is 4.90 Å². The molecule has 27 heavy (non-hydrogen) atoms. The molecule has 0 aliphatic heterocycles. The molecule has 0 fully saturated rings. The Morgan fingerprint density at radius 1 is 1.15 bits per heavy atom. The van der Waals surface area contributed by atoms with Crippen LogP contribution in [0.1, 0.15) is 11.1 Å². The summed E-state index contributed by atoms with van der Waals surface area (Å²) in [6, 6.07) is 13.9. The molecule has 0 radical (unpaired) electrons. The van der Waals surface area contributed by atoms with Crippen LogP contribution in [-0.4, -0.2) is 45.9 Å². The van der Waals surface area contributed by atoms with Crippen LogP contribution in [0.25, 0.3) is 0 Å². The second kappa shape index (κ2) is 9.38. The largest absolute Gasteiger partial charge is 0.383 e. The van der Waals surface area contributed by atoms with E-state index in [-0.39, 0.29) is 11.8 Å². The molecule has 0 heterocycles. The number of nitrogens with zero attached hydrogens (tertiary/aromatic N) is 1. The minimum absolute atomic E-state index is 0.230. The standard InChI is InChI=1S/C19H24N2O5S/c1-15-5-4-6-17(13-15)20-19(22)21(11-12-25-2)14-16-7-9-18(10-8-16)26-27(3,23)24/h4-10,13H,11-12,14H2,1-3H3,(H,20,22). The van der Waals surface area contributed by atoms with Gasteiger partial charge in [0.05, 0.1) is 12.9 Å². The number of benzene rings is 2. The first kappa shape index (κ1) is 20.7. The van der Waals surface area contributed by atoms with E-state index in [4.69, 9.17) is 8.92 Å². The van der Waals surface area contributed by atoms with Gasteiger partial charge in [-0.2, -0.15) is 8.42 Å². The van der Waals surface area contributed by atoms with Crippen molar-refractivity contribution in [3.63, 3.8) is 0 Å². The first-order chi connectivity index (χ1) is 12.8. The van der Waals surface area contributed by atoms with E-state index in [0.29, 0.717) is 19.7 Å². The molecule has 2 amide bonds. The van der Waals surface area contributed by atoms with Gasteiger partial charge < -0.3 is 19.1 Å². The molecule has 1 N–H and O–H groups in total. The third kappa shape index (κ3) is 7.28. The second-order valence-corrected chi connectivity index (χ2v) is 7.72. The molecule has 146 valence electrons. The molecule has 0 unspecified atom stereocenters. The average molecular weight is 392 g/mol. The number of anilines is 1. The molecule has 2 aromatic carbocycles. The molecule has 0 aliphatic carbocycles. The Hall–Kier alpha value is -2.58. The van der Waals surface area contributed by atoms with Gasteiger partial charge in [-0.15, -0.1) is 0 Å². The zero-order valence-electron chi connectivity index (χ0n) is 15.6. The van der Waals surface area contributed by atoms with Crippen LogP contribution in [0.2, 0.25) is 0 Å². The van der Waals surface area contributed by atoms with Gasteiger partial charge in [0.1, 0.15) is 5.75 Å². The average Bonchev–Trinajstić information content (AvgIpc) is 2.58. The Kier molecular flexibility index (Phi) is 7.20. The number of hydrogen-bond donors (Lipinski definition) is 1.